The molecule has 0 aromatic heterocycles. The zero-order chi connectivity index (χ0) is 18.0. The van der Waals surface area contributed by atoms with Gasteiger partial charge >= 0.3 is 18.3 Å². The molecule has 0 spiro atoms. The van der Waals surface area contributed by atoms with E-state index in [4.69, 9.17) is 26.6 Å². The molecule has 0 aromatic rings. The maximum atomic E-state index is 10.1. The first-order valence-corrected chi connectivity index (χ1v) is 11.1. The van der Waals surface area contributed by atoms with Gasteiger partial charge in [-0.1, -0.05) is 0 Å². The molecule has 0 rings (SSSR count). The Labute approximate surface area is 143 Å². The highest BCUT2D eigenvalue weighted by Gasteiger charge is 2.39. The van der Waals surface area contributed by atoms with E-state index in [0.717, 1.165) is 12.5 Å². The fraction of sp³-hybridized carbons (Fsp3) is 0.923. The third-order valence-electron chi connectivity index (χ3n) is 2.56. The lowest BCUT2D eigenvalue weighted by atomic mass is 10.5. The van der Waals surface area contributed by atoms with Crippen LogP contribution in [0.25, 0.3) is 0 Å². The number of rotatable bonds is 14. The van der Waals surface area contributed by atoms with Crippen molar-refractivity contribution in [3.8, 4) is 0 Å². The Morgan fingerprint density at radius 3 is 1.61 bits per heavy atom. The second-order valence-corrected chi connectivity index (χ2v) is 8.88. The van der Waals surface area contributed by atoms with Crippen molar-refractivity contribution in [3.05, 3.63) is 0 Å². The molecule has 1 amide bonds. The molecule has 1 N–H and O–H groups in total. The number of hydrogen-bond donors (Lipinski definition) is 1. The van der Waals surface area contributed by atoms with E-state index >= 15 is 0 Å². The molecule has 0 saturated heterocycles. The van der Waals surface area contributed by atoms with Crippen LogP contribution in [-0.2, 0) is 31.4 Å². The van der Waals surface area contributed by atoms with Crippen LogP contribution in [0.4, 0.5) is 0 Å². The van der Waals surface area contributed by atoms with E-state index in [2.05, 4.69) is 5.32 Å². The van der Waals surface area contributed by atoms with Crippen molar-refractivity contribution >= 4 is 24.7 Å². The Bertz CT molecular complexity index is 236. The summed E-state index contributed by atoms with van der Waals surface area (Å²) >= 11 is 0. The molecule has 0 radical (unpaired) electrons. The fourth-order valence-corrected chi connectivity index (χ4v) is 4.95. The first-order valence-electron chi connectivity index (χ1n) is 7.76. The molecule has 0 aliphatic rings. The summed E-state index contributed by atoms with van der Waals surface area (Å²) in [6.45, 7) is 8.20. The summed E-state index contributed by atoms with van der Waals surface area (Å²) in [7, 11) is 0.547. The van der Waals surface area contributed by atoms with Gasteiger partial charge in [0, 0.05) is 53.7 Å². The summed E-state index contributed by atoms with van der Waals surface area (Å²) < 4.78 is 31.2. The molecule has 0 fully saturated rings. The summed E-state index contributed by atoms with van der Waals surface area (Å²) in [5.74, 6) is 0. The molecular weight excluding hydrogens is 338 g/mol. The lowest BCUT2D eigenvalue weighted by Crippen LogP contribution is -2.46. The van der Waals surface area contributed by atoms with Gasteiger partial charge in [-0.15, -0.1) is 0 Å². The molecule has 8 nitrogen and oxygen atoms in total. The number of nitrogens with one attached hydrogen (secondary N) is 1. The Morgan fingerprint density at radius 1 is 0.913 bits per heavy atom. The number of hydrogen-bond acceptors (Lipinski definition) is 7. The van der Waals surface area contributed by atoms with E-state index in [1.807, 2.05) is 20.8 Å². The minimum Gasteiger partial charge on any atom is -0.379 e. The van der Waals surface area contributed by atoms with Crippen molar-refractivity contribution in [1.29, 1.82) is 0 Å². The Morgan fingerprint density at radius 2 is 1.35 bits per heavy atom. The van der Waals surface area contributed by atoms with Gasteiger partial charge in [0.05, 0.1) is 0 Å². The van der Waals surface area contributed by atoms with Crippen molar-refractivity contribution in [2.24, 2.45) is 0 Å². The van der Waals surface area contributed by atoms with Crippen molar-refractivity contribution in [1.82, 2.24) is 5.32 Å². The van der Waals surface area contributed by atoms with Crippen LogP contribution in [0.5, 0.6) is 0 Å². The van der Waals surface area contributed by atoms with E-state index in [1.165, 1.54) is 0 Å². The van der Waals surface area contributed by atoms with Gasteiger partial charge in [0.15, 0.2) is 0 Å². The van der Waals surface area contributed by atoms with Crippen LogP contribution in [0.15, 0.2) is 0 Å². The monoisotopic (exact) mass is 371 g/mol. The third kappa shape index (κ3) is 13.8. The van der Waals surface area contributed by atoms with Crippen LogP contribution in [0.1, 0.15) is 27.2 Å². The van der Waals surface area contributed by atoms with E-state index in [1.54, 1.807) is 21.3 Å². The predicted octanol–water partition coefficient (Wildman–Crippen LogP) is 0.814. The molecule has 0 atom stereocenters. The summed E-state index contributed by atoms with van der Waals surface area (Å²) in [5.41, 5.74) is 0. The molecule has 140 valence electrons. The van der Waals surface area contributed by atoms with Gasteiger partial charge in [0.25, 0.3) is 0 Å². The third-order valence-corrected chi connectivity index (χ3v) is 6.86. The molecule has 0 heterocycles. The summed E-state index contributed by atoms with van der Waals surface area (Å²) in [6, 6.07) is 0.739. The molecule has 0 unspecified atom stereocenters. The van der Waals surface area contributed by atoms with Crippen LogP contribution in [-0.4, -0.2) is 72.4 Å². The first-order chi connectivity index (χ1) is 11.1. The van der Waals surface area contributed by atoms with Gasteiger partial charge in [-0.2, -0.15) is 0 Å². The Balaban J connectivity index is 0. The summed E-state index contributed by atoms with van der Waals surface area (Å²) in [5, 5.41) is 2.62. The fourth-order valence-electron chi connectivity index (χ4n) is 1.76. The van der Waals surface area contributed by atoms with Gasteiger partial charge in [-0.25, -0.2) is 0 Å². The normalized spacial score (nSPS) is 11.1. The molecule has 10 heteroatoms. The predicted molar refractivity (Wildman–Crippen MR) is 92.3 cm³/mol. The molecule has 0 saturated carbocycles. The van der Waals surface area contributed by atoms with Gasteiger partial charge in [0.2, 0.25) is 6.41 Å². The van der Waals surface area contributed by atoms with Crippen molar-refractivity contribution < 1.29 is 31.4 Å². The van der Waals surface area contributed by atoms with Gasteiger partial charge in [-0.3, -0.25) is 4.79 Å². The zero-order valence-electron chi connectivity index (χ0n) is 15.3. The lowest BCUT2D eigenvalue weighted by molar-refractivity contribution is -0.109. The lowest BCUT2D eigenvalue weighted by Gasteiger charge is -2.28. The Hall–Kier alpha value is -0.336. The SMILES string of the molecule is CCO[Si](CCCNC=O)(OCC)OCC.CO[SiH](OC)OC. The smallest absolute Gasteiger partial charge is 0.379 e. The topological polar surface area (TPSA) is 84.5 Å². The second kappa shape index (κ2) is 18.0. The Kier molecular flexibility index (Phi) is 19.5. The average molecular weight is 372 g/mol. The van der Waals surface area contributed by atoms with E-state index in [9.17, 15) is 4.79 Å². The highest BCUT2D eigenvalue weighted by Crippen LogP contribution is 2.17. The molecule has 23 heavy (non-hydrogen) atoms. The van der Waals surface area contributed by atoms with Crippen LogP contribution in [0.2, 0.25) is 6.04 Å². The van der Waals surface area contributed by atoms with Crippen molar-refractivity contribution in [3.63, 3.8) is 0 Å². The first kappa shape index (κ1) is 24.9. The highest BCUT2D eigenvalue weighted by molar-refractivity contribution is 6.60. The van der Waals surface area contributed by atoms with Crippen LogP contribution in [0, 0.1) is 0 Å². The van der Waals surface area contributed by atoms with E-state index < -0.39 is 18.3 Å². The molecule has 0 aliphatic carbocycles. The molecule has 0 bridgehead atoms. The number of carbonyl (C=O) groups excluding carboxylic acids is 1. The molecule has 0 aliphatic heterocycles. The second-order valence-electron chi connectivity index (χ2n) is 4.15. The number of carbonyl (C=O) groups is 1. The van der Waals surface area contributed by atoms with Crippen molar-refractivity contribution in [2.75, 3.05) is 47.7 Å². The minimum absolute atomic E-state index is 0.591. The van der Waals surface area contributed by atoms with E-state index in [-0.39, 0.29) is 0 Å². The number of amides is 1. The largest absolute Gasteiger partial charge is 0.500 e. The summed E-state index contributed by atoms with van der Waals surface area (Å²) in [4.78, 5) is 10.1. The van der Waals surface area contributed by atoms with Crippen LogP contribution < -0.4 is 5.32 Å². The minimum atomic E-state index is -2.50. The highest BCUT2D eigenvalue weighted by atomic mass is 28.4. The summed E-state index contributed by atoms with van der Waals surface area (Å²) in [6.07, 6.45) is 1.51. The van der Waals surface area contributed by atoms with Crippen molar-refractivity contribution in [2.45, 2.75) is 33.2 Å². The quantitative estimate of drug-likeness (QED) is 0.275. The van der Waals surface area contributed by atoms with Crippen LogP contribution in [0.3, 0.4) is 0 Å². The molecular formula is C13H33NO7Si2. The van der Waals surface area contributed by atoms with Gasteiger partial charge < -0.3 is 31.9 Å². The zero-order valence-corrected chi connectivity index (χ0v) is 17.4. The van der Waals surface area contributed by atoms with Gasteiger partial charge in [-0.05, 0) is 27.2 Å². The maximum Gasteiger partial charge on any atom is 0.500 e. The average Bonchev–Trinajstić information content (AvgIpc) is 2.55. The van der Waals surface area contributed by atoms with Gasteiger partial charge in [0.1, 0.15) is 0 Å². The van der Waals surface area contributed by atoms with Crippen LogP contribution >= 0.6 is 0 Å². The standard InChI is InChI=1S/C10H23NO4Si.C3H10O3Si/c1-4-13-16(14-5-2,15-6-3)9-7-8-11-10-12;1-4-7(5-2)6-3/h10H,4-9H2,1-3H3,(H,11,12);7H,1-3H3. The van der Waals surface area contributed by atoms with E-state index in [0.29, 0.717) is 32.8 Å². The maximum absolute atomic E-state index is 10.1. The molecule has 0 aromatic carbocycles.